The molecule has 0 aliphatic carbocycles. The maximum Gasteiger partial charge on any atom is 0.501 e. The van der Waals surface area contributed by atoms with E-state index in [1.807, 2.05) is 0 Å². The lowest BCUT2D eigenvalue weighted by Crippen LogP contribution is -2.23. The van der Waals surface area contributed by atoms with Crippen molar-refractivity contribution in [1.29, 1.82) is 0 Å². The Morgan fingerprint density at radius 1 is 0.824 bits per heavy atom. The van der Waals surface area contributed by atoms with Gasteiger partial charge < -0.3 is 4.98 Å². The molecule has 1 aromatic heterocycles. The van der Waals surface area contributed by atoms with E-state index in [1.165, 1.54) is 48.6 Å². The van der Waals surface area contributed by atoms with E-state index in [-0.39, 0.29) is 5.56 Å². The van der Waals surface area contributed by atoms with Crippen LogP contribution in [0.5, 0.6) is 0 Å². The maximum absolute atomic E-state index is 13.3. The van der Waals surface area contributed by atoms with Crippen LogP contribution in [0.1, 0.15) is 17.0 Å². The number of sulfone groups is 1. The first-order valence-corrected chi connectivity index (χ1v) is 11.1. The molecule has 0 aliphatic rings. The van der Waals surface area contributed by atoms with Crippen LogP contribution < -0.4 is 0 Å². The fourth-order valence-electron chi connectivity index (χ4n) is 3.32. The van der Waals surface area contributed by atoms with E-state index in [4.69, 9.17) is 0 Å². The molecule has 0 saturated carbocycles. The molecule has 4 nitrogen and oxygen atoms in total. The van der Waals surface area contributed by atoms with E-state index in [1.54, 1.807) is 12.1 Å². The highest BCUT2D eigenvalue weighted by molar-refractivity contribution is 7.92. The number of hydrogen-bond acceptors (Lipinski definition) is 3. The Bertz CT molecular complexity index is 1480. The minimum absolute atomic E-state index is 0.0255. The van der Waals surface area contributed by atoms with E-state index in [0.29, 0.717) is 28.0 Å². The van der Waals surface area contributed by atoms with Gasteiger partial charge in [-0.05, 0) is 53.1 Å². The lowest BCUT2D eigenvalue weighted by Gasteiger charge is -2.12. The lowest BCUT2D eigenvalue weighted by molar-refractivity contribution is -0.137. The van der Waals surface area contributed by atoms with Crippen LogP contribution in [0.4, 0.5) is 26.3 Å². The summed E-state index contributed by atoms with van der Waals surface area (Å²) in [5.41, 5.74) is -4.37. The van der Waals surface area contributed by atoms with Gasteiger partial charge >= 0.3 is 11.7 Å². The Labute approximate surface area is 189 Å². The largest absolute Gasteiger partial charge is 0.501 e. The van der Waals surface area contributed by atoms with Crippen LogP contribution >= 0.6 is 0 Å². The van der Waals surface area contributed by atoms with Crippen LogP contribution in [-0.2, 0) is 16.0 Å². The van der Waals surface area contributed by atoms with E-state index in [9.17, 15) is 34.8 Å². The number of benzene rings is 3. The normalized spacial score (nSPS) is 13.1. The number of aromatic amines is 1. The molecule has 3 aromatic carbocycles. The summed E-state index contributed by atoms with van der Waals surface area (Å²) in [5, 5.41) is 0. The topological polar surface area (TPSA) is 62.8 Å². The summed E-state index contributed by atoms with van der Waals surface area (Å²) in [6, 6.07) is 14.0. The number of fused-ring (bicyclic) bond motifs is 1. The second-order valence-electron chi connectivity index (χ2n) is 7.25. The second kappa shape index (κ2) is 8.32. The average molecular weight is 496 g/mol. The van der Waals surface area contributed by atoms with Gasteiger partial charge in [0, 0.05) is 0 Å². The first kappa shape index (κ1) is 23.6. The third kappa shape index (κ3) is 4.56. The molecule has 0 fully saturated rings. The number of alkyl halides is 6. The first-order chi connectivity index (χ1) is 15.9. The highest BCUT2D eigenvalue weighted by Gasteiger charge is 2.46. The van der Waals surface area contributed by atoms with Crippen LogP contribution in [-0.4, -0.2) is 23.9 Å². The molecule has 0 unspecified atom stereocenters. The molecule has 4 rings (SSSR count). The highest BCUT2D eigenvalue weighted by Crippen LogP contribution is 2.37. The Kier molecular flexibility index (Phi) is 5.76. The van der Waals surface area contributed by atoms with Gasteiger partial charge in [-0.2, -0.15) is 26.3 Å². The Balaban J connectivity index is 1.61. The molecule has 0 saturated heterocycles. The molecule has 0 aliphatic heterocycles. The van der Waals surface area contributed by atoms with Gasteiger partial charge in [0.05, 0.1) is 21.5 Å². The van der Waals surface area contributed by atoms with Crippen molar-refractivity contribution >= 4 is 33.0 Å². The summed E-state index contributed by atoms with van der Waals surface area (Å²) in [7, 11) is -5.43. The van der Waals surface area contributed by atoms with Gasteiger partial charge in [-0.1, -0.05) is 42.5 Å². The van der Waals surface area contributed by atoms with Gasteiger partial charge in [-0.25, -0.2) is 13.4 Å². The number of imidazole rings is 1. The summed E-state index contributed by atoms with van der Waals surface area (Å²) in [6.07, 6.45) is -1.50. The zero-order chi connectivity index (χ0) is 24.7. The van der Waals surface area contributed by atoms with Crippen LogP contribution in [0, 0.1) is 0 Å². The van der Waals surface area contributed by atoms with Crippen molar-refractivity contribution in [2.24, 2.45) is 0 Å². The Hall–Kier alpha value is -3.60. The maximum atomic E-state index is 13.3. The van der Waals surface area contributed by atoms with E-state index in [2.05, 4.69) is 9.97 Å². The molecular formula is C23H14F6N2O2S. The first-order valence-electron chi connectivity index (χ1n) is 9.62. The van der Waals surface area contributed by atoms with Gasteiger partial charge in [-0.15, -0.1) is 0 Å². The molecule has 0 bridgehead atoms. The zero-order valence-electron chi connectivity index (χ0n) is 16.9. The summed E-state index contributed by atoms with van der Waals surface area (Å²) in [6.45, 7) is 0. The third-order valence-corrected chi connectivity index (χ3v) is 6.47. The smallest absolute Gasteiger partial charge is 0.338 e. The molecule has 0 atom stereocenters. The van der Waals surface area contributed by atoms with E-state index >= 15 is 0 Å². The SMILES string of the molecule is O=S(=O)(c1ccc(C=Cc2nc3ccc(-c4ccccc4C(F)(F)F)cc3[nH]2)cc1)C(F)(F)F. The molecule has 0 spiro atoms. The highest BCUT2D eigenvalue weighted by atomic mass is 32.2. The molecule has 176 valence electrons. The minimum atomic E-state index is -5.43. The summed E-state index contributed by atoms with van der Waals surface area (Å²) < 4.78 is 101. The van der Waals surface area contributed by atoms with Crippen molar-refractivity contribution in [1.82, 2.24) is 9.97 Å². The predicted octanol–water partition coefficient (Wildman–Crippen LogP) is 6.71. The van der Waals surface area contributed by atoms with Crippen molar-refractivity contribution in [3.63, 3.8) is 0 Å². The van der Waals surface area contributed by atoms with Crippen LogP contribution in [0.3, 0.4) is 0 Å². The zero-order valence-corrected chi connectivity index (χ0v) is 17.8. The average Bonchev–Trinajstić information content (AvgIpc) is 3.19. The fourth-order valence-corrected chi connectivity index (χ4v) is 4.09. The van der Waals surface area contributed by atoms with Gasteiger partial charge in [-0.3, -0.25) is 0 Å². The number of halogens is 6. The molecular weight excluding hydrogens is 482 g/mol. The molecule has 1 N–H and O–H groups in total. The third-order valence-electron chi connectivity index (χ3n) is 4.97. The van der Waals surface area contributed by atoms with Crippen molar-refractivity contribution < 1.29 is 34.8 Å². The van der Waals surface area contributed by atoms with Crippen molar-refractivity contribution in [2.45, 2.75) is 16.6 Å². The summed E-state index contributed by atoms with van der Waals surface area (Å²) in [5.74, 6) is 0.350. The lowest BCUT2D eigenvalue weighted by atomic mass is 9.99. The van der Waals surface area contributed by atoms with Gasteiger partial charge in [0.1, 0.15) is 5.82 Å². The van der Waals surface area contributed by atoms with Gasteiger partial charge in [0.2, 0.25) is 0 Å². The van der Waals surface area contributed by atoms with Crippen molar-refractivity contribution in [3.05, 3.63) is 83.7 Å². The van der Waals surface area contributed by atoms with Crippen molar-refractivity contribution in [3.8, 4) is 11.1 Å². The molecule has 1 heterocycles. The second-order valence-corrected chi connectivity index (χ2v) is 9.19. The summed E-state index contributed by atoms with van der Waals surface area (Å²) in [4.78, 5) is 6.41. The predicted molar refractivity (Wildman–Crippen MR) is 115 cm³/mol. The van der Waals surface area contributed by atoms with Gasteiger partial charge in [0.15, 0.2) is 0 Å². The quantitative estimate of drug-likeness (QED) is 0.320. The van der Waals surface area contributed by atoms with Crippen LogP contribution in [0.2, 0.25) is 0 Å². The Morgan fingerprint density at radius 3 is 2.15 bits per heavy atom. The number of nitrogens with one attached hydrogen (secondary N) is 1. The van der Waals surface area contributed by atoms with E-state index in [0.717, 1.165) is 18.2 Å². The minimum Gasteiger partial charge on any atom is -0.338 e. The standard InChI is InChI=1S/C23H14F6N2O2S/c24-22(25,26)18-4-2-1-3-17(18)15-8-11-19-20(13-15)31-21(30-19)12-7-14-5-9-16(10-6-14)34(32,33)23(27,28)29/h1-13H,(H,30,31). The van der Waals surface area contributed by atoms with Crippen LogP contribution in [0.15, 0.2) is 71.6 Å². The fraction of sp³-hybridized carbons (Fsp3) is 0.0870. The number of aromatic nitrogens is 2. The number of rotatable bonds is 4. The van der Waals surface area contributed by atoms with Gasteiger partial charge in [0.25, 0.3) is 9.84 Å². The number of hydrogen-bond donors (Lipinski definition) is 1. The Morgan fingerprint density at radius 2 is 1.50 bits per heavy atom. The molecule has 11 heteroatoms. The monoisotopic (exact) mass is 496 g/mol. The van der Waals surface area contributed by atoms with Crippen LogP contribution in [0.25, 0.3) is 34.3 Å². The number of H-pyrrole nitrogens is 1. The number of nitrogens with zero attached hydrogens (tertiary/aromatic N) is 1. The van der Waals surface area contributed by atoms with E-state index < -0.39 is 32.0 Å². The molecule has 4 aromatic rings. The molecule has 0 radical (unpaired) electrons. The molecule has 0 amide bonds. The molecule has 34 heavy (non-hydrogen) atoms. The summed E-state index contributed by atoms with van der Waals surface area (Å²) >= 11 is 0. The van der Waals surface area contributed by atoms with Crippen molar-refractivity contribution in [2.75, 3.05) is 0 Å².